The van der Waals surface area contributed by atoms with E-state index in [4.69, 9.17) is 0 Å². The second-order valence-corrected chi connectivity index (χ2v) is 7.40. The Morgan fingerprint density at radius 1 is 1.31 bits per heavy atom. The monoisotopic (exact) mass is 362 g/mol. The first kappa shape index (κ1) is 11.4. The number of rotatable bonds is 2. The van der Waals surface area contributed by atoms with E-state index in [-0.39, 0.29) is 0 Å². The summed E-state index contributed by atoms with van der Waals surface area (Å²) in [5.74, 6) is 2.18. The third-order valence-electron chi connectivity index (χ3n) is 3.99. The van der Waals surface area contributed by atoms with Crippen molar-refractivity contribution in [3.63, 3.8) is 0 Å². The van der Waals surface area contributed by atoms with Crippen molar-refractivity contribution in [1.29, 1.82) is 0 Å². The summed E-state index contributed by atoms with van der Waals surface area (Å²) in [6.45, 7) is 0. The summed E-state index contributed by atoms with van der Waals surface area (Å²) in [5, 5.41) is 1.99. The molecule has 0 aliphatic heterocycles. The molecule has 2 saturated carbocycles. The van der Waals surface area contributed by atoms with Gasteiger partial charge < -0.3 is 0 Å². The highest BCUT2D eigenvalue weighted by molar-refractivity contribution is 9.13. The lowest BCUT2D eigenvalue weighted by molar-refractivity contribution is 0.0878. The lowest BCUT2D eigenvalue weighted by atomic mass is 9.85. The lowest BCUT2D eigenvalue weighted by Crippen LogP contribution is -2.20. The number of fused-ring (bicyclic) bond motifs is 2. The molecule has 1 nitrogen and oxygen atoms in total. The first-order valence-electron chi connectivity index (χ1n) is 5.63. The highest BCUT2D eigenvalue weighted by Crippen LogP contribution is 2.50. The topological polar surface area (TPSA) is 17.1 Å². The molecule has 0 aromatic carbocycles. The van der Waals surface area contributed by atoms with E-state index in [0.29, 0.717) is 17.6 Å². The highest BCUT2D eigenvalue weighted by Gasteiger charge is 2.43. The zero-order valence-corrected chi connectivity index (χ0v) is 12.7. The Hall–Kier alpha value is 0.330. The molecule has 3 rings (SSSR count). The number of hydrogen-bond acceptors (Lipinski definition) is 2. The number of hydrogen-bond donors (Lipinski definition) is 0. The molecule has 1 aromatic heterocycles. The van der Waals surface area contributed by atoms with Crippen molar-refractivity contribution >= 4 is 49.0 Å². The second kappa shape index (κ2) is 4.21. The van der Waals surface area contributed by atoms with Crippen LogP contribution in [-0.2, 0) is 0 Å². The summed E-state index contributed by atoms with van der Waals surface area (Å²) >= 11 is 8.49. The molecular weight excluding hydrogens is 352 g/mol. The predicted molar refractivity (Wildman–Crippen MR) is 73.0 cm³/mol. The van der Waals surface area contributed by atoms with Gasteiger partial charge in [-0.1, -0.05) is 6.42 Å². The molecule has 4 heteroatoms. The molecule has 0 radical (unpaired) electrons. The van der Waals surface area contributed by atoms with Gasteiger partial charge in [0.15, 0.2) is 5.78 Å². The molecule has 0 spiro atoms. The third-order valence-corrected chi connectivity index (χ3v) is 7.53. The van der Waals surface area contributed by atoms with E-state index in [9.17, 15) is 4.79 Å². The minimum atomic E-state index is 0.306. The first-order chi connectivity index (χ1) is 7.66. The molecule has 3 unspecified atom stereocenters. The summed E-state index contributed by atoms with van der Waals surface area (Å²) in [4.78, 5) is 13.3. The molecule has 16 heavy (non-hydrogen) atoms. The summed E-state index contributed by atoms with van der Waals surface area (Å²) in [6.07, 6.45) is 5.04. The van der Waals surface area contributed by atoms with Crippen LogP contribution in [0, 0.1) is 17.8 Å². The normalized spacial score (nSPS) is 32.2. The van der Waals surface area contributed by atoms with E-state index >= 15 is 0 Å². The molecule has 0 N–H and O–H groups in total. The van der Waals surface area contributed by atoms with Gasteiger partial charge in [0.2, 0.25) is 0 Å². The molecule has 86 valence electrons. The van der Waals surface area contributed by atoms with Crippen LogP contribution in [0.1, 0.15) is 35.4 Å². The number of Topliss-reactive ketones (excluding diaryl/α,β-unsaturated/α-hetero) is 1. The van der Waals surface area contributed by atoms with Crippen LogP contribution in [-0.4, -0.2) is 5.78 Å². The van der Waals surface area contributed by atoms with Crippen molar-refractivity contribution in [3.8, 4) is 0 Å². The van der Waals surface area contributed by atoms with Gasteiger partial charge in [-0.15, -0.1) is 11.3 Å². The van der Waals surface area contributed by atoms with Crippen molar-refractivity contribution in [2.24, 2.45) is 17.8 Å². The molecule has 2 fully saturated rings. The fourth-order valence-corrected chi connectivity index (χ4v) is 5.39. The van der Waals surface area contributed by atoms with Crippen molar-refractivity contribution in [2.75, 3.05) is 0 Å². The van der Waals surface area contributed by atoms with Crippen LogP contribution in [0.4, 0.5) is 0 Å². The fourth-order valence-electron chi connectivity index (χ4n) is 3.22. The predicted octanol–water partition coefficient (Wildman–Crippen LogP) is 4.89. The van der Waals surface area contributed by atoms with Crippen molar-refractivity contribution in [3.05, 3.63) is 19.2 Å². The molecule has 2 aliphatic carbocycles. The number of halogens is 2. The van der Waals surface area contributed by atoms with Gasteiger partial charge in [-0.25, -0.2) is 0 Å². The Morgan fingerprint density at radius 3 is 2.62 bits per heavy atom. The SMILES string of the molecule is O=C(c1scc(Br)c1Br)C1CC2CCC1C2. The molecular formula is C12H12Br2OS. The number of carbonyl (C=O) groups is 1. The van der Waals surface area contributed by atoms with E-state index in [1.165, 1.54) is 19.3 Å². The van der Waals surface area contributed by atoms with Gasteiger partial charge >= 0.3 is 0 Å². The van der Waals surface area contributed by atoms with E-state index in [0.717, 1.165) is 26.2 Å². The maximum absolute atomic E-state index is 12.4. The van der Waals surface area contributed by atoms with Gasteiger partial charge in [-0.2, -0.15) is 0 Å². The quantitative estimate of drug-likeness (QED) is 0.683. The van der Waals surface area contributed by atoms with Gasteiger partial charge in [0.25, 0.3) is 0 Å². The van der Waals surface area contributed by atoms with E-state index in [1.54, 1.807) is 11.3 Å². The lowest BCUT2D eigenvalue weighted by Gasteiger charge is -2.19. The number of ketones is 1. The number of thiophene rings is 1. The Morgan fingerprint density at radius 2 is 2.12 bits per heavy atom. The molecule has 1 heterocycles. The Bertz CT molecular complexity index is 440. The molecule has 2 bridgehead atoms. The van der Waals surface area contributed by atoms with E-state index in [2.05, 4.69) is 31.9 Å². The maximum atomic E-state index is 12.4. The Balaban J connectivity index is 1.86. The van der Waals surface area contributed by atoms with Crippen molar-refractivity contribution in [2.45, 2.75) is 25.7 Å². The van der Waals surface area contributed by atoms with Crippen LogP contribution >= 0.6 is 43.2 Å². The van der Waals surface area contributed by atoms with Gasteiger partial charge in [0.1, 0.15) is 0 Å². The van der Waals surface area contributed by atoms with Crippen LogP contribution in [0.15, 0.2) is 14.3 Å². The number of carbonyl (C=O) groups excluding carboxylic acids is 1. The van der Waals surface area contributed by atoms with Crippen LogP contribution in [0.5, 0.6) is 0 Å². The van der Waals surface area contributed by atoms with E-state index in [1.807, 2.05) is 5.38 Å². The Labute approximate surface area is 116 Å². The minimum absolute atomic E-state index is 0.306. The average Bonchev–Trinajstić information content (AvgIpc) is 2.95. The molecule has 0 saturated heterocycles. The van der Waals surface area contributed by atoms with Gasteiger partial charge in [-0.05, 0) is 63.0 Å². The summed E-state index contributed by atoms with van der Waals surface area (Å²) in [6, 6.07) is 0. The molecule has 3 atom stereocenters. The van der Waals surface area contributed by atoms with Crippen molar-refractivity contribution in [1.82, 2.24) is 0 Å². The Kier molecular flexibility index (Phi) is 3.01. The van der Waals surface area contributed by atoms with Crippen molar-refractivity contribution < 1.29 is 4.79 Å². The van der Waals surface area contributed by atoms with Gasteiger partial charge in [0, 0.05) is 15.8 Å². The van der Waals surface area contributed by atoms with Gasteiger partial charge in [0.05, 0.1) is 9.35 Å². The smallest absolute Gasteiger partial charge is 0.177 e. The zero-order chi connectivity index (χ0) is 11.3. The van der Waals surface area contributed by atoms with Gasteiger partial charge in [-0.3, -0.25) is 4.79 Å². The molecule has 2 aliphatic rings. The summed E-state index contributed by atoms with van der Waals surface area (Å²) in [5.41, 5.74) is 0. The first-order valence-corrected chi connectivity index (χ1v) is 8.10. The minimum Gasteiger partial charge on any atom is -0.293 e. The second-order valence-electron chi connectivity index (χ2n) is 4.87. The summed E-state index contributed by atoms with van der Waals surface area (Å²) in [7, 11) is 0. The standard InChI is InChI=1S/C12H12Br2OS/c13-9-5-16-12(10(9)14)11(15)8-4-6-1-2-7(8)3-6/h5-8H,1-4H2. The maximum Gasteiger partial charge on any atom is 0.177 e. The largest absolute Gasteiger partial charge is 0.293 e. The summed E-state index contributed by atoms with van der Waals surface area (Å²) < 4.78 is 1.95. The third kappa shape index (κ3) is 1.73. The average molecular weight is 364 g/mol. The molecule has 0 amide bonds. The van der Waals surface area contributed by atoms with Crippen LogP contribution < -0.4 is 0 Å². The zero-order valence-electron chi connectivity index (χ0n) is 8.71. The van der Waals surface area contributed by atoms with Crippen LogP contribution in [0.3, 0.4) is 0 Å². The fraction of sp³-hybridized carbons (Fsp3) is 0.583. The van der Waals surface area contributed by atoms with Crippen LogP contribution in [0.2, 0.25) is 0 Å². The highest BCUT2D eigenvalue weighted by atomic mass is 79.9. The van der Waals surface area contributed by atoms with Crippen LogP contribution in [0.25, 0.3) is 0 Å². The molecule has 1 aromatic rings. The van der Waals surface area contributed by atoms with E-state index < -0.39 is 0 Å².